The van der Waals surface area contributed by atoms with Gasteiger partial charge >= 0.3 is 7.12 Å². The molecule has 1 aromatic heterocycles. The van der Waals surface area contributed by atoms with Crippen molar-refractivity contribution in [2.24, 2.45) is 0 Å². The molecule has 2 rings (SSSR count). The van der Waals surface area contributed by atoms with Crippen LogP contribution >= 0.6 is 0 Å². The monoisotopic (exact) mass is 246 g/mol. The van der Waals surface area contributed by atoms with Crippen LogP contribution < -0.4 is 10.2 Å². The summed E-state index contributed by atoms with van der Waals surface area (Å²) in [6.45, 7) is 3.91. The van der Waals surface area contributed by atoms with Gasteiger partial charge in [0.15, 0.2) is 0 Å². The SMILES string of the molecule is COc1ccc(C)c(-n2cc(B(O)O)cn2)c1C. The molecule has 0 aliphatic heterocycles. The quantitative estimate of drug-likeness (QED) is 0.758. The highest BCUT2D eigenvalue weighted by Crippen LogP contribution is 2.26. The molecule has 0 atom stereocenters. The van der Waals surface area contributed by atoms with Gasteiger partial charge in [-0.2, -0.15) is 5.10 Å². The summed E-state index contributed by atoms with van der Waals surface area (Å²) in [5.41, 5.74) is 3.24. The molecule has 18 heavy (non-hydrogen) atoms. The van der Waals surface area contributed by atoms with E-state index in [1.165, 1.54) is 6.20 Å². The lowest BCUT2D eigenvalue weighted by Gasteiger charge is -2.13. The van der Waals surface area contributed by atoms with Crippen LogP contribution in [0.25, 0.3) is 5.69 Å². The number of nitrogens with zero attached hydrogens (tertiary/aromatic N) is 2. The van der Waals surface area contributed by atoms with Gasteiger partial charge in [0.25, 0.3) is 0 Å². The van der Waals surface area contributed by atoms with E-state index in [0.29, 0.717) is 5.46 Å². The van der Waals surface area contributed by atoms with Crippen LogP contribution in [-0.2, 0) is 0 Å². The second kappa shape index (κ2) is 4.84. The first-order chi connectivity index (χ1) is 8.54. The molecular weight excluding hydrogens is 231 g/mol. The van der Waals surface area contributed by atoms with Crippen LogP contribution in [-0.4, -0.2) is 34.1 Å². The standard InChI is InChI=1S/C12H15BN2O3/c1-8-4-5-11(18-3)9(2)12(8)15-7-10(6-14-15)13(16)17/h4-7,16-17H,1-3H3. The van der Waals surface area contributed by atoms with Gasteiger partial charge in [0.2, 0.25) is 0 Å². The Morgan fingerprint density at radius 3 is 2.56 bits per heavy atom. The zero-order chi connectivity index (χ0) is 13.3. The Bertz CT molecular complexity index is 566. The fourth-order valence-corrected chi connectivity index (χ4v) is 1.98. The van der Waals surface area contributed by atoms with Crippen molar-refractivity contribution in [3.05, 3.63) is 35.7 Å². The van der Waals surface area contributed by atoms with Gasteiger partial charge in [-0.15, -0.1) is 0 Å². The predicted molar refractivity (Wildman–Crippen MR) is 69.4 cm³/mol. The van der Waals surface area contributed by atoms with Crippen molar-refractivity contribution >= 4 is 12.6 Å². The summed E-state index contributed by atoms with van der Waals surface area (Å²) in [6.07, 6.45) is 3.03. The maximum Gasteiger partial charge on any atom is 0.491 e. The van der Waals surface area contributed by atoms with Gasteiger partial charge in [-0.05, 0) is 25.5 Å². The molecule has 0 amide bonds. The van der Waals surface area contributed by atoms with E-state index >= 15 is 0 Å². The topological polar surface area (TPSA) is 67.5 Å². The minimum atomic E-state index is -1.51. The van der Waals surface area contributed by atoms with Crippen LogP contribution in [0.5, 0.6) is 5.75 Å². The fraction of sp³-hybridized carbons (Fsp3) is 0.250. The van der Waals surface area contributed by atoms with E-state index in [1.807, 2.05) is 26.0 Å². The van der Waals surface area contributed by atoms with Gasteiger partial charge < -0.3 is 14.8 Å². The molecule has 0 unspecified atom stereocenters. The average molecular weight is 246 g/mol. The molecule has 1 heterocycles. The fourth-order valence-electron chi connectivity index (χ4n) is 1.98. The van der Waals surface area contributed by atoms with Crippen molar-refractivity contribution in [3.63, 3.8) is 0 Å². The Hall–Kier alpha value is -1.79. The Labute approximate surface area is 106 Å². The Kier molecular flexibility index (Phi) is 3.40. The molecule has 0 bridgehead atoms. The van der Waals surface area contributed by atoms with Gasteiger partial charge in [0.05, 0.1) is 12.8 Å². The third-order valence-corrected chi connectivity index (χ3v) is 2.93. The van der Waals surface area contributed by atoms with Crippen LogP contribution in [0.4, 0.5) is 0 Å². The highest BCUT2D eigenvalue weighted by Gasteiger charge is 2.16. The summed E-state index contributed by atoms with van der Waals surface area (Å²) in [7, 11) is 0.109. The minimum absolute atomic E-state index is 0.358. The average Bonchev–Trinajstić information content (AvgIpc) is 2.79. The van der Waals surface area contributed by atoms with E-state index < -0.39 is 7.12 Å². The van der Waals surface area contributed by atoms with E-state index in [0.717, 1.165) is 22.6 Å². The second-order valence-electron chi connectivity index (χ2n) is 4.15. The zero-order valence-corrected chi connectivity index (χ0v) is 10.6. The van der Waals surface area contributed by atoms with Crippen molar-refractivity contribution in [1.29, 1.82) is 0 Å². The molecule has 0 saturated heterocycles. The maximum atomic E-state index is 9.10. The normalized spacial score (nSPS) is 10.5. The summed E-state index contributed by atoms with van der Waals surface area (Å²) in [5.74, 6) is 0.775. The first kappa shape index (κ1) is 12.7. The van der Waals surface area contributed by atoms with Crippen molar-refractivity contribution in [2.75, 3.05) is 7.11 Å². The number of aromatic nitrogens is 2. The van der Waals surface area contributed by atoms with E-state index in [2.05, 4.69) is 5.10 Å². The van der Waals surface area contributed by atoms with Gasteiger partial charge in [-0.3, -0.25) is 0 Å². The van der Waals surface area contributed by atoms with Gasteiger partial charge in [0.1, 0.15) is 5.75 Å². The van der Waals surface area contributed by atoms with Gasteiger partial charge in [0, 0.05) is 23.4 Å². The molecule has 6 heteroatoms. The van der Waals surface area contributed by atoms with Crippen molar-refractivity contribution in [3.8, 4) is 11.4 Å². The Balaban J connectivity index is 2.55. The lowest BCUT2D eigenvalue weighted by Crippen LogP contribution is -2.28. The summed E-state index contributed by atoms with van der Waals surface area (Å²) < 4.78 is 6.90. The van der Waals surface area contributed by atoms with Gasteiger partial charge in [-0.1, -0.05) is 6.07 Å². The highest BCUT2D eigenvalue weighted by molar-refractivity contribution is 6.58. The molecule has 0 radical (unpaired) electrons. The van der Waals surface area contributed by atoms with E-state index in [1.54, 1.807) is 18.0 Å². The molecule has 2 aromatic rings. The maximum absolute atomic E-state index is 9.10. The van der Waals surface area contributed by atoms with Crippen molar-refractivity contribution in [2.45, 2.75) is 13.8 Å². The molecule has 0 spiro atoms. The Morgan fingerprint density at radius 1 is 1.28 bits per heavy atom. The number of methoxy groups -OCH3 is 1. The molecule has 0 aliphatic carbocycles. The minimum Gasteiger partial charge on any atom is -0.496 e. The number of hydrogen-bond donors (Lipinski definition) is 2. The largest absolute Gasteiger partial charge is 0.496 e. The lowest BCUT2D eigenvalue weighted by atomic mass is 9.83. The van der Waals surface area contributed by atoms with E-state index in [4.69, 9.17) is 14.8 Å². The number of aryl methyl sites for hydroxylation is 1. The first-order valence-electron chi connectivity index (χ1n) is 5.60. The molecule has 0 saturated carbocycles. The molecule has 2 N–H and O–H groups in total. The zero-order valence-electron chi connectivity index (χ0n) is 10.6. The first-order valence-corrected chi connectivity index (χ1v) is 5.60. The van der Waals surface area contributed by atoms with Crippen molar-refractivity contribution < 1.29 is 14.8 Å². The number of ether oxygens (including phenoxy) is 1. The molecule has 0 aliphatic rings. The highest BCUT2D eigenvalue weighted by atomic mass is 16.5. The number of rotatable bonds is 3. The summed E-state index contributed by atoms with van der Waals surface area (Å²) in [5, 5.41) is 22.3. The van der Waals surface area contributed by atoms with Crippen LogP contribution in [0.3, 0.4) is 0 Å². The number of benzene rings is 1. The Morgan fingerprint density at radius 2 is 2.00 bits per heavy atom. The smallest absolute Gasteiger partial charge is 0.491 e. The van der Waals surface area contributed by atoms with Gasteiger partial charge in [-0.25, -0.2) is 4.68 Å². The van der Waals surface area contributed by atoms with E-state index in [-0.39, 0.29) is 0 Å². The molecule has 0 fully saturated rings. The predicted octanol–water partition coefficient (Wildman–Crippen LogP) is 0.178. The molecule has 5 nitrogen and oxygen atoms in total. The molecular formula is C12H15BN2O3. The van der Waals surface area contributed by atoms with Crippen LogP contribution in [0.15, 0.2) is 24.5 Å². The second-order valence-corrected chi connectivity index (χ2v) is 4.15. The summed E-state index contributed by atoms with van der Waals surface area (Å²) >= 11 is 0. The summed E-state index contributed by atoms with van der Waals surface area (Å²) in [4.78, 5) is 0. The number of hydrogen-bond acceptors (Lipinski definition) is 4. The summed E-state index contributed by atoms with van der Waals surface area (Å²) in [6, 6.07) is 3.84. The van der Waals surface area contributed by atoms with Crippen LogP contribution in [0, 0.1) is 13.8 Å². The third kappa shape index (κ3) is 2.12. The third-order valence-electron chi connectivity index (χ3n) is 2.93. The van der Waals surface area contributed by atoms with Crippen LogP contribution in [0.1, 0.15) is 11.1 Å². The van der Waals surface area contributed by atoms with E-state index in [9.17, 15) is 0 Å². The molecule has 94 valence electrons. The van der Waals surface area contributed by atoms with Crippen LogP contribution in [0.2, 0.25) is 0 Å². The van der Waals surface area contributed by atoms with Crippen molar-refractivity contribution in [1.82, 2.24) is 9.78 Å². The molecule has 1 aromatic carbocycles. The lowest BCUT2D eigenvalue weighted by molar-refractivity contribution is 0.411.